The van der Waals surface area contributed by atoms with Crippen LogP contribution in [0, 0.1) is 6.20 Å². The largest absolute Gasteiger partial charge is 1.00 e. The van der Waals surface area contributed by atoms with Crippen LogP contribution in [0.3, 0.4) is 0 Å². The molecular formula is C6H7N2O2Rb. The predicted octanol–water partition coefficient (Wildman–Crippen LogP) is -2.61. The molecule has 1 N–H and O–H groups in total. The summed E-state index contributed by atoms with van der Waals surface area (Å²) in [5.74, 6) is -0.392. The van der Waals surface area contributed by atoms with Gasteiger partial charge in [0.15, 0.2) is 0 Å². The molecule has 0 aromatic carbocycles. The molecule has 0 atom stereocenters. The van der Waals surface area contributed by atoms with Gasteiger partial charge in [-0.15, -0.1) is 0 Å². The average molecular weight is 225 g/mol. The second-order valence-electron chi connectivity index (χ2n) is 1.63. The quantitative estimate of drug-likeness (QED) is 0.443. The van der Waals surface area contributed by atoms with Crippen LogP contribution in [-0.4, -0.2) is 22.8 Å². The average Bonchev–Trinajstić information content (AvgIpc) is 2.38. The molecule has 0 amide bonds. The second kappa shape index (κ2) is 6.05. The molecule has 0 saturated carbocycles. The molecule has 0 unspecified atom stereocenters. The molecular weight excluding hydrogens is 218 g/mol. The smallest absolute Gasteiger partial charge is 0.519 e. The predicted molar refractivity (Wildman–Crippen MR) is 33.4 cm³/mol. The van der Waals surface area contributed by atoms with Crippen LogP contribution >= 0.6 is 0 Å². The molecule has 0 bridgehead atoms. The Morgan fingerprint density at radius 3 is 3.09 bits per heavy atom. The van der Waals surface area contributed by atoms with Crippen LogP contribution in [0.4, 0.5) is 0 Å². The number of carbonyl (C=O) groups is 1. The van der Waals surface area contributed by atoms with Crippen molar-refractivity contribution in [3.8, 4) is 0 Å². The van der Waals surface area contributed by atoms with Gasteiger partial charge in [-0.05, 0) is 13.1 Å². The van der Waals surface area contributed by atoms with Crippen molar-refractivity contribution in [2.24, 2.45) is 0 Å². The van der Waals surface area contributed by atoms with E-state index >= 15 is 0 Å². The normalized spacial score (nSPS) is 8.45. The number of ether oxygens (including phenoxy) is 1. The third kappa shape index (κ3) is 3.60. The third-order valence-electron chi connectivity index (χ3n) is 0.944. The molecule has 0 aliphatic carbocycles. The minimum absolute atomic E-state index is 0. The first-order valence-corrected chi connectivity index (χ1v) is 2.92. The zero-order valence-electron chi connectivity index (χ0n) is 6.55. The summed E-state index contributed by atoms with van der Waals surface area (Å²) in [6, 6.07) is 0. The maximum absolute atomic E-state index is 10.8. The van der Waals surface area contributed by atoms with Gasteiger partial charge in [0.1, 0.15) is 0 Å². The summed E-state index contributed by atoms with van der Waals surface area (Å²) in [6.07, 6.45) is 3.88. The Balaban J connectivity index is 0.000001000. The molecule has 0 aliphatic rings. The fourth-order valence-electron chi connectivity index (χ4n) is 0.534. The number of H-pyrrole nitrogens is 1. The molecule has 1 heterocycles. The van der Waals surface area contributed by atoms with Crippen LogP contribution in [0.25, 0.3) is 0 Å². The Hall–Kier alpha value is 0.485. The third-order valence-corrected chi connectivity index (χ3v) is 0.944. The Kier molecular flexibility index (Phi) is 6.32. The van der Waals surface area contributed by atoms with E-state index in [4.69, 9.17) is 0 Å². The van der Waals surface area contributed by atoms with Gasteiger partial charge >= 0.3 is 58.2 Å². The summed E-state index contributed by atoms with van der Waals surface area (Å²) in [5.41, 5.74) is 0.335. The second-order valence-corrected chi connectivity index (χ2v) is 1.63. The molecule has 5 heteroatoms. The Labute approximate surface area is 113 Å². The van der Waals surface area contributed by atoms with Gasteiger partial charge in [-0.25, -0.2) is 0 Å². The fourth-order valence-corrected chi connectivity index (χ4v) is 0.534. The van der Waals surface area contributed by atoms with Crippen LogP contribution in [0.2, 0.25) is 0 Å². The number of rotatable bonds is 2. The van der Waals surface area contributed by atoms with Crippen molar-refractivity contribution in [3.63, 3.8) is 0 Å². The molecule has 0 radical (unpaired) electrons. The summed E-state index contributed by atoms with van der Waals surface area (Å²) in [5, 5.41) is 5.94. The van der Waals surface area contributed by atoms with Crippen molar-refractivity contribution in [1.29, 1.82) is 0 Å². The molecule has 1 aromatic rings. The first-order chi connectivity index (χ1) is 4.84. The molecule has 1 aromatic heterocycles. The topological polar surface area (TPSA) is 55.0 Å². The monoisotopic (exact) mass is 224 g/mol. The van der Waals surface area contributed by atoms with Crippen molar-refractivity contribution in [1.82, 2.24) is 10.2 Å². The van der Waals surface area contributed by atoms with Crippen molar-refractivity contribution in [2.45, 2.75) is 6.92 Å². The number of nitrogens with zero attached hydrogens (tertiary/aromatic N) is 1. The van der Waals surface area contributed by atoms with E-state index in [0.717, 1.165) is 0 Å². The van der Waals surface area contributed by atoms with Crippen LogP contribution in [0.15, 0.2) is 6.20 Å². The van der Waals surface area contributed by atoms with Crippen molar-refractivity contribution in [2.75, 3.05) is 6.61 Å². The van der Waals surface area contributed by atoms with Gasteiger partial charge in [0.25, 0.3) is 0 Å². The Bertz CT molecular complexity index is 210. The summed E-state index contributed by atoms with van der Waals surface area (Å²) in [7, 11) is 0. The van der Waals surface area contributed by atoms with Crippen molar-refractivity contribution < 1.29 is 67.7 Å². The first kappa shape index (κ1) is 11.5. The molecule has 0 saturated heterocycles. The number of aromatic nitrogens is 2. The summed E-state index contributed by atoms with van der Waals surface area (Å²) < 4.78 is 4.66. The SMILES string of the molecule is CCOC(=O)c1[c-][nH]nc1.[Rb+]. The summed E-state index contributed by atoms with van der Waals surface area (Å²) in [4.78, 5) is 10.8. The maximum Gasteiger partial charge on any atom is 1.00 e. The van der Waals surface area contributed by atoms with Crippen molar-refractivity contribution in [3.05, 3.63) is 18.0 Å². The maximum atomic E-state index is 10.8. The van der Waals surface area contributed by atoms with Crippen molar-refractivity contribution >= 4 is 5.97 Å². The van der Waals surface area contributed by atoms with Crippen LogP contribution in [0.5, 0.6) is 0 Å². The molecule has 0 fully saturated rings. The minimum Gasteiger partial charge on any atom is -0.519 e. The van der Waals surface area contributed by atoms with E-state index in [1.807, 2.05) is 0 Å². The van der Waals surface area contributed by atoms with E-state index in [2.05, 4.69) is 21.1 Å². The van der Waals surface area contributed by atoms with Gasteiger partial charge in [0.05, 0.1) is 6.61 Å². The van der Waals surface area contributed by atoms with Gasteiger partial charge in [0.2, 0.25) is 5.97 Å². The minimum atomic E-state index is -0.392. The van der Waals surface area contributed by atoms with Gasteiger partial charge in [-0.3, -0.25) is 5.10 Å². The number of aromatic amines is 1. The summed E-state index contributed by atoms with van der Waals surface area (Å²) >= 11 is 0. The van der Waals surface area contributed by atoms with Crippen LogP contribution < -0.4 is 58.2 Å². The number of hydrogen-bond acceptors (Lipinski definition) is 3. The standard InChI is InChI=1S/C6H7N2O2.Rb/c1-2-10-6(9)5-3-7-8-4-5;/h3H,2H2,1H3,(H,7,8);/q-1;+1. The van der Waals surface area contributed by atoms with E-state index in [9.17, 15) is 4.79 Å². The molecule has 54 valence electrons. The molecule has 11 heavy (non-hydrogen) atoms. The molecule has 1 rings (SSSR count). The van der Waals surface area contributed by atoms with Crippen LogP contribution in [-0.2, 0) is 4.74 Å². The molecule has 0 aliphatic heterocycles. The van der Waals surface area contributed by atoms with E-state index in [1.165, 1.54) is 6.20 Å². The zero-order valence-corrected chi connectivity index (χ0v) is 11.5. The summed E-state index contributed by atoms with van der Waals surface area (Å²) in [6.45, 7) is 2.12. The van der Waals surface area contributed by atoms with Gasteiger partial charge < -0.3 is 14.6 Å². The van der Waals surface area contributed by atoms with E-state index in [1.54, 1.807) is 6.92 Å². The number of carbonyl (C=O) groups excluding carboxylic acids is 1. The fraction of sp³-hybridized carbons (Fsp3) is 0.333. The number of esters is 1. The number of hydrogen-bond donors (Lipinski definition) is 1. The van der Waals surface area contributed by atoms with Crippen LogP contribution in [0.1, 0.15) is 17.3 Å². The van der Waals surface area contributed by atoms with E-state index < -0.39 is 5.97 Å². The van der Waals surface area contributed by atoms with E-state index in [0.29, 0.717) is 12.2 Å². The van der Waals surface area contributed by atoms with Gasteiger partial charge in [-0.1, -0.05) is 11.8 Å². The Morgan fingerprint density at radius 2 is 2.64 bits per heavy atom. The molecule has 0 spiro atoms. The van der Waals surface area contributed by atoms with Gasteiger partial charge in [-0.2, -0.15) is 0 Å². The number of nitrogens with one attached hydrogen (secondary N) is 1. The van der Waals surface area contributed by atoms with E-state index in [-0.39, 0.29) is 58.2 Å². The zero-order chi connectivity index (χ0) is 7.40. The first-order valence-electron chi connectivity index (χ1n) is 2.92. The molecule has 4 nitrogen and oxygen atoms in total. The Morgan fingerprint density at radius 1 is 1.91 bits per heavy atom. The van der Waals surface area contributed by atoms with Gasteiger partial charge in [0, 0.05) is 0 Å².